The van der Waals surface area contributed by atoms with Gasteiger partial charge in [0.2, 0.25) is 0 Å². The second kappa shape index (κ2) is 7.47. The minimum absolute atomic E-state index is 0.0417. The molecule has 1 saturated heterocycles. The highest BCUT2D eigenvalue weighted by Gasteiger charge is 2.24. The van der Waals surface area contributed by atoms with E-state index in [0.717, 1.165) is 13.1 Å². The van der Waals surface area contributed by atoms with E-state index >= 15 is 0 Å². The van der Waals surface area contributed by atoms with Gasteiger partial charge in [-0.2, -0.15) is 0 Å². The quantitative estimate of drug-likeness (QED) is 0.858. The molecular formula is C20H25N3O2. The molecule has 0 radical (unpaired) electrons. The van der Waals surface area contributed by atoms with Crippen LogP contribution >= 0.6 is 0 Å². The molecule has 5 heteroatoms. The van der Waals surface area contributed by atoms with Crippen LogP contribution in [0.15, 0.2) is 48.5 Å². The van der Waals surface area contributed by atoms with Gasteiger partial charge in [0.15, 0.2) is 0 Å². The topological polar surface area (TPSA) is 36.0 Å². The number of carbonyl (C=O) groups excluding carboxylic acids is 1. The van der Waals surface area contributed by atoms with Crippen LogP contribution in [0.3, 0.4) is 0 Å². The summed E-state index contributed by atoms with van der Waals surface area (Å²) in [5.74, 6) is 0.675. The second-order valence-electron chi connectivity index (χ2n) is 6.39. The zero-order valence-corrected chi connectivity index (χ0v) is 15.1. The van der Waals surface area contributed by atoms with Crippen molar-refractivity contribution in [3.05, 3.63) is 54.1 Å². The Balaban J connectivity index is 1.64. The van der Waals surface area contributed by atoms with Gasteiger partial charge in [0.25, 0.3) is 5.91 Å². The molecule has 1 fully saturated rings. The summed E-state index contributed by atoms with van der Waals surface area (Å²) < 4.78 is 5.32. The average molecular weight is 339 g/mol. The van der Waals surface area contributed by atoms with Crippen molar-refractivity contribution in [3.63, 3.8) is 0 Å². The molecule has 2 aromatic rings. The summed E-state index contributed by atoms with van der Waals surface area (Å²) in [6, 6.07) is 16.0. The Hall–Kier alpha value is -2.69. The van der Waals surface area contributed by atoms with Crippen LogP contribution < -0.4 is 14.5 Å². The number of methoxy groups -OCH3 is 1. The molecule has 1 aliphatic rings. The molecule has 0 atom stereocenters. The van der Waals surface area contributed by atoms with Gasteiger partial charge in [-0.25, -0.2) is 0 Å². The lowest BCUT2D eigenvalue weighted by Crippen LogP contribution is -2.48. The minimum atomic E-state index is 0.0417. The van der Waals surface area contributed by atoms with E-state index < -0.39 is 0 Å². The van der Waals surface area contributed by atoms with Gasteiger partial charge in [-0.1, -0.05) is 12.1 Å². The van der Waals surface area contributed by atoms with Crippen LogP contribution in [0.25, 0.3) is 0 Å². The number of anilines is 2. The van der Waals surface area contributed by atoms with E-state index in [4.69, 9.17) is 4.74 Å². The number of rotatable bonds is 4. The number of carbonyl (C=O) groups is 1. The molecule has 0 bridgehead atoms. The predicted molar refractivity (Wildman–Crippen MR) is 102 cm³/mol. The fourth-order valence-corrected chi connectivity index (χ4v) is 3.12. The molecule has 0 aromatic heterocycles. The van der Waals surface area contributed by atoms with Crippen LogP contribution in [0.4, 0.5) is 11.4 Å². The normalized spacial score (nSPS) is 14.4. The number of ether oxygens (including phenoxy) is 1. The average Bonchev–Trinajstić information content (AvgIpc) is 2.67. The first-order chi connectivity index (χ1) is 12.1. The van der Waals surface area contributed by atoms with Crippen LogP contribution in [0, 0.1) is 0 Å². The standard InChI is InChI=1S/C20H25N3O2/c1-21(2)16-8-10-17(11-9-16)22-12-14-23(15-13-22)20(24)18-6-4-5-7-19(18)25-3/h4-11H,12-15H2,1-3H3. The molecule has 1 heterocycles. The minimum Gasteiger partial charge on any atom is -0.496 e. The molecule has 0 aliphatic carbocycles. The summed E-state index contributed by atoms with van der Waals surface area (Å²) >= 11 is 0. The van der Waals surface area contributed by atoms with Crippen LogP contribution in [-0.4, -0.2) is 58.2 Å². The third-order valence-electron chi connectivity index (χ3n) is 4.64. The van der Waals surface area contributed by atoms with Crippen molar-refractivity contribution in [2.24, 2.45) is 0 Å². The van der Waals surface area contributed by atoms with Gasteiger partial charge in [-0.15, -0.1) is 0 Å². The Kier molecular flexibility index (Phi) is 5.12. The van der Waals surface area contributed by atoms with E-state index in [1.54, 1.807) is 7.11 Å². The highest BCUT2D eigenvalue weighted by molar-refractivity contribution is 5.97. The molecule has 132 valence electrons. The van der Waals surface area contributed by atoms with E-state index in [0.29, 0.717) is 24.4 Å². The van der Waals surface area contributed by atoms with Crippen molar-refractivity contribution in [1.82, 2.24) is 4.90 Å². The number of para-hydroxylation sites is 1. The Morgan fingerprint density at radius 2 is 1.60 bits per heavy atom. The van der Waals surface area contributed by atoms with Gasteiger partial charge in [0.1, 0.15) is 5.75 Å². The monoisotopic (exact) mass is 339 g/mol. The highest BCUT2D eigenvalue weighted by atomic mass is 16.5. The summed E-state index contributed by atoms with van der Waals surface area (Å²) in [6.45, 7) is 3.10. The first-order valence-corrected chi connectivity index (χ1v) is 8.55. The molecule has 0 unspecified atom stereocenters. The largest absolute Gasteiger partial charge is 0.496 e. The van der Waals surface area contributed by atoms with Gasteiger partial charge in [0, 0.05) is 51.6 Å². The van der Waals surface area contributed by atoms with Crippen molar-refractivity contribution in [1.29, 1.82) is 0 Å². The smallest absolute Gasteiger partial charge is 0.257 e. The molecular weight excluding hydrogens is 314 g/mol. The Labute approximate surface area is 149 Å². The van der Waals surface area contributed by atoms with Crippen molar-refractivity contribution in [3.8, 4) is 5.75 Å². The van der Waals surface area contributed by atoms with Crippen LogP contribution in [0.1, 0.15) is 10.4 Å². The fourth-order valence-electron chi connectivity index (χ4n) is 3.12. The van der Waals surface area contributed by atoms with E-state index in [-0.39, 0.29) is 5.91 Å². The maximum Gasteiger partial charge on any atom is 0.257 e. The molecule has 0 N–H and O–H groups in total. The summed E-state index contributed by atoms with van der Waals surface area (Å²) in [6.07, 6.45) is 0. The zero-order chi connectivity index (χ0) is 17.8. The summed E-state index contributed by atoms with van der Waals surface area (Å²) in [5, 5.41) is 0. The van der Waals surface area contributed by atoms with Gasteiger partial charge >= 0.3 is 0 Å². The van der Waals surface area contributed by atoms with Crippen molar-refractivity contribution in [2.75, 3.05) is 57.2 Å². The van der Waals surface area contributed by atoms with Crippen LogP contribution in [0.5, 0.6) is 5.75 Å². The molecule has 1 aliphatic heterocycles. The van der Waals surface area contributed by atoms with E-state index in [2.05, 4.69) is 34.1 Å². The molecule has 3 rings (SSSR count). The lowest BCUT2D eigenvalue weighted by Gasteiger charge is -2.36. The maximum absolute atomic E-state index is 12.8. The molecule has 0 saturated carbocycles. The van der Waals surface area contributed by atoms with Crippen LogP contribution in [0.2, 0.25) is 0 Å². The van der Waals surface area contributed by atoms with Gasteiger partial charge < -0.3 is 19.4 Å². The van der Waals surface area contributed by atoms with Gasteiger partial charge in [0.05, 0.1) is 12.7 Å². The Bertz CT molecular complexity index is 720. The first-order valence-electron chi connectivity index (χ1n) is 8.55. The molecule has 0 spiro atoms. The summed E-state index contributed by atoms with van der Waals surface area (Å²) in [5.41, 5.74) is 3.03. The number of piperazine rings is 1. The summed E-state index contributed by atoms with van der Waals surface area (Å²) in [7, 11) is 5.68. The van der Waals surface area contributed by atoms with E-state index in [1.807, 2.05) is 43.3 Å². The molecule has 1 amide bonds. The number of benzene rings is 2. The molecule has 25 heavy (non-hydrogen) atoms. The second-order valence-corrected chi connectivity index (χ2v) is 6.39. The van der Waals surface area contributed by atoms with Gasteiger partial charge in [-0.3, -0.25) is 4.79 Å². The highest BCUT2D eigenvalue weighted by Crippen LogP contribution is 2.23. The van der Waals surface area contributed by atoms with E-state index in [9.17, 15) is 4.79 Å². The third kappa shape index (κ3) is 3.71. The number of amides is 1. The Morgan fingerprint density at radius 1 is 0.960 bits per heavy atom. The molecule has 2 aromatic carbocycles. The van der Waals surface area contributed by atoms with Crippen molar-refractivity contribution >= 4 is 17.3 Å². The number of nitrogens with zero attached hydrogens (tertiary/aromatic N) is 3. The Morgan fingerprint density at radius 3 is 2.20 bits per heavy atom. The van der Waals surface area contributed by atoms with E-state index in [1.165, 1.54) is 11.4 Å². The third-order valence-corrected chi connectivity index (χ3v) is 4.64. The van der Waals surface area contributed by atoms with Crippen molar-refractivity contribution < 1.29 is 9.53 Å². The van der Waals surface area contributed by atoms with Crippen molar-refractivity contribution in [2.45, 2.75) is 0 Å². The van der Waals surface area contributed by atoms with Gasteiger partial charge in [-0.05, 0) is 36.4 Å². The number of hydrogen-bond donors (Lipinski definition) is 0. The van der Waals surface area contributed by atoms with Crippen LogP contribution in [-0.2, 0) is 0 Å². The summed E-state index contributed by atoms with van der Waals surface area (Å²) in [4.78, 5) is 19.1. The first kappa shape index (κ1) is 17.1. The SMILES string of the molecule is COc1ccccc1C(=O)N1CCN(c2ccc(N(C)C)cc2)CC1. The maximum atomic E-state index is 12.8. The predicted octanol–water partition coefficient (Wildman–Crippen LogP) is 2.72. The zero-order valence-electron chi connectivity index (χ0n) is 15.1. The fraction of sp³-hybridized carbons (Fsp3) is 0.350. The lowest BCUT2D eigenvalue weighted by atomic mass is 10.1. The molecule has 5 nitrogen and oxygen atoms in total. The lowest BCUT2D eigenvalue weighted by molar-refractivity contribution is 0.0743. The number of hydrogen-bond acceptors (Lipinski definition) is 4.